The van der Waals surface area contributed by atoms with Gasteiger partial charge in [0.1, 0.15) is 0 Å². The molecule has 9 heteroatoms. The number of nitrogens with two attached hydrogens (primary N) is 1. The average molecular weight is 310 g/mol. The van der Waals surface area contributed by atoms with Crippen molar-refractivity contribution in [3.05, 3.63) is 17.5 Å². The van der Waals surface area contributed by atoms with E-state index in [1.54, 1.807) is 18.5 Å². The molecular weight excluding hydrogens is 292 g/mol. The molecule has 114 valence electrons. The topological polar surface area (TPSA) is 101 Å². The molecule has 0 aromatic carbocycles. The lowest BCUT2D eigenvalue weighted by Crippen LogP contribution is -2.18. The summed E-state index contributed by atoms with van der Waals surface area (Å²) in [5.74, 6) is 6.18. The summed E-state index contributed by atoms with van der Waals surface area (Å²) in [6, 6.07) is 1.92. The Kier molecular flexibility index (Phi) is 4.51. The third-order valence-electron chi connectivity index (χ3n) is 2.53. The summed E-state index contributed by atoms with van der Waals surface area (Å²) < 4.78 is 7.97. The van der Waals surface area contributed by atoms with Crippen LogP contribution in [0.15, 0.2) is 11.2 Å². The van der Waals surface area contributed by atoms with Crippen molar-refractivity contribution in [2.75, 3.05) is 11.6 Å². The highest BCUT2D eigenvalue weighted by atomic mass is 32.2. The van der Waals surface area contributed by atoms with Gasteiger partial charge >= 0.3 is 5.97 Å². The molecule has 0 atom stereocenters. The van der Waals surface area contributed by atoms with E-state index in [0.717, 1.165) is 11.4 Å². The van der Waals surface area contributed by atoms with E-state index in [4.69, 9.17) is 10.6 Å². The zero-order chi connectivity index (χ0) is 15.6. The first-order valence-electron chi connectivity index (χ1n) is 6.45. The predicted molar refractivity (Wildman–Crippen MR) is 78.7 cm³/mol. The van der Waals surface area contributed by atoms with Crippen LogP contribution in [0.25, 0.3) is 5.95 Å². The number of carbonyl (C=O) groups excluding carboxylic acids is 1. The second-order valence-corrected chi connectivity index (χ2v) is 5.76. The largest absolute Gasteiger partial charge is 0.462 e. The van der Waals surface area contributed by atoms with Crippen LogP contribution in [0.1, 0.15) is 25.2 Å². The van der Waals surface area contributed by atoms with Crippen LogP contribution in [0.3, 0.4) is 0 Å². The highest BCUT2D eigenvalue weighted by molar-refractivity contribution is 7.99. The van der Waals surface area contributed by atoms with E-state index in [1.165, 1.54) is 16.4 Å². The monoisotopic (exact) mass is 310 g/mol. The van der Waals surface area contributed by atoms with Crippen LogP contribution in [0, 0.1) is 13.8 Å². The van der Waals surface area contributed by atoms with Gasteiger partial charge in [0.15, 0.2) is 0 Å². The molecule has 0 saturated carbocycles. The number of nitrogen functional groups attached to an aromatic ring is 1. The minimum Gasteiger partial charge on any atom is -0.462 e. The van der Waals surface area contributed by atoms with Crippen LogP contribution >= 0.6 is 11.8 Å². The first-order chi connectivity index (χ1) is 9.88. The van der Waals surface area contributed by atoms with Crippen molar-refractivity contribution in [3.63, 3.8) is 0 Å². The molecule has 2 heterocycles. The van der Waals surface area contributed by atoms with Crippen LogP contribution in [0.5, 0.6) is 0 Å². The van der Waals surface area contributed by atoms with Gasteiger partial charge < -0.3 is 10.6 Å². The number of esters is 1. The van der Waals surface area contributed by atoms with Gasteiger partial charge in [-0.2, -0.15) is 5.10 Å². The summed E-state index contributed by atoms with van der Waals surface area (Å²) in [7, 11) is 0. The Labute approximate surface area is 126 Å². The van der Waals surface area contributed by atoms with Gasteiger partial charge in [-0.25, -0.2) is 9.36 Å². The van der Waals surface area contributed by atoms with Crippen LogP contribution in [0.4, 0.5) is 0 Å². The summed E-state index contributed by atoms with van der Waals surface area (Å²) in [5, 5.41) is 12.7. The molecule has 0 saturated heterocycles. The minimum atomic E-state index is -0.314. The summed E-state index contributed by atoms with van der Waals surface area (Å²) in [6.07, 6.45) is -0.140. The van der Waals surface area contributed by atoms with Gasteiger partial charge in [-0.15, -0.1) is 10.2 Å². The average Bonchev–Trinajstić information content (AvgIpc) is 2.89. The molecule has 0 spiro atoms. The second-order valence-electron chi connectivity index (χ2n) is 4.82. The van der Waals surface area contributed by atoms with E-state index in [-0.39, 0.29) is 17.8 Å². The van der Waals surface area contributed by atoms with Crippen molar-refractivity contribution in [3.8, 4) is 5.95 Å². The summed E-state index contributed by atoms with van der Waals surface area (Å²) in [5.41, 5.74) is 1.77. The molecule has 0 unspecified atom stereocenters. The number of aryl methyl sites for hydroxylation is 2. The second kappa shape index (κ2) is 6.17. The third-order valence-corrected chi connectivity index (χ3v) is 3.45. The van der Waals surface area contributed by atoms with Crippen molar-refractivity contribution in [2.45, 2.75) is 39.0 Å². The number of hydrogen-bond donors (Lipinski definition) is 1. The zero-order valence-electron chi connectivity index (χ0n) is 12.4. The van der Waals surface area contributed by atoms with Gasteiger partial charge in [0, 0.05) is 5.69 Å². The number of nitrogens with zero attached hydrogens (tertiary/aromatic N) is 5. The molecule has 0 bridgehead atoms. The minimum absolute atomic E-state index is 0.130. The normalized spacial score (nSPS) is 11.1. The fraction of sp³-hybridized carbons (Fsp3) is 0.500. The number of ether oxygens (including phenoxy) is 1. The molecular formula is C12H18N6O2S. The molecule has 2 N–H and O–H groups in total. The maximum atomic E-state index is 11.5. The van der Waals surface area contributed by atoms with Gasteiger partial charge in [-0.1, -0.05) is 11.8 Å². The zero-order valence-corrected chi connectivity index (χ0v) is 13.2. The van der Waals surface area contributed by atoms with E-state index < -0.39 is 0 Å². The van der Waals surface area contributed by atoms with Crippen LogP contribution in [-0.2, 0) is 9.53 Å². The van der Waals surface area contributed by atoms with Crippen LogP contribution in [0.2, 0.25) is 0 Å². The Bertz CT molecular complexity index is 648. The number of hydrogen-bond acceptors (Lipinski definition) is 7. The SMILES string of the molecule is Cc1cc(C)n(-c2nnc(SCC(=O)OC(C)C)n2N)n1. The van der Waals surface area contributed by atoms with Crippen molar-refractivity contribution < 1.29 is 9.53 Å². The van der Waals surface area contributed by atoms with E-state index >= 15 is 0 Å². The molecule has 2 aromatic rings. The number of rotatable bonds is 5. The van der Waals surface area contributed by atoms with E-state index in [1.807, 2.05) is 19.9 Å². The predicted octanol–water partition coefficient (Wildman–Crippen LogP) is 0.838. The summed E-state index contributed by atoms with van der Waals surface area (Å²) in [6.45, 7) is 7.39. The lowest BCUT2D eigenvalue weighted by atomic mass is 10.4. The smallest absolute Gasteiger partial charge is 0.316 e. The van der Waals surface area contributed by atoms with Crippen LogP contribution < -0.4 is 5.84 Å². The molecule has 0 fully saturated rings. The van der Waals surface area contributed by atoms with Gasteiger partial charge in [-0.3, -0.25) is 4.79 Å². The first kappa shape index (κ1) is 15.4. The molecule has 0 aliphatic carbocycles. The Morgan fingerprint density at radius 1 is 1.43 bits per heavy atom. The first-order valence-corrected chi connectivity index (χ1v) is 7.43. The quantitative estimate of drug-likeness (QED) is 0.496. The summed E-state index contributed by atoms with van der Waals surface area (Å²) in [4.78, 5) is 11.5. The highest BCUT2D eigenvalue weighted by Gasteiger charge is 2.16. The van der Waals surface area contributed by atoms with Crippen molar-refractivity contribution in [1.29, 1.82) is 0 Å². The van der Waals surface area contributed by atoms with Crippen molar-refractivity contribution >= 4 is 17.7 Å². The molecule has 0 radical (unpaired) electrons. The maximum Gasteiger partial charge on any atom is 0.316 e. The molecule has 21 heavy (non-hydrogen) atoms. The van der Waals surface area contributed by atoms with Crippen molar-refractivity contribution in [1.82, 2.24) is 24.7 Å². The van der Waals surface area contributed by atoms with Gasteiger partial charge in [0.2, 0.25) is 5.16 Å². The molecule has 8 nitrogen and oxygen atoms in total. The van der Waals surface area contributed by atoms with Gasteiger partial charge in [0.05, 0.1) is 17.6 Å². The fourth-order valence-corrected chi connectivity index (χ4v) is 2.40. The molecule has 0 aliphatic rings. The Hall–Kier alpha value is -2.03. The van der Waals surface area contributed by atoms with Gasteiger partial charge in [-0.05, 0) is 33.8 Å². The summed E-state index contributed by atoms with van der Waals surface area (Å²) >= 11 is 1.17. The Morgan fingerprint density at radius 2 is 2.14 bits per heavy atom. The highest BCUT2D eigenvalue weighted by Crippen LogP contribution is 2.17. The molecule has 0 amide bonds. The number of aromatic nitrogens is 5. The lowest BCUT2D eigenvalue weighted by Gasteiger charge is -2.07. The molecule has 2 rings (SSSR count). The van der Waals surface area contributed by atoms with E-state index in [2.05, 4.69) is 15.3 Å². The number of carbonyl (C=O) groups is 1. The Morgan fingerprint density at radius 3 is 2.71 bits per heavy atom. The number of thioether (sulfide) groups is 1. The fourth-order valence-electron chi connectivity index (χ4n) is 1.76. The van der Waals surface area contributed by atoms with Gasteiger partial charge in [0.25, 0.3) is 5.95 Å². The standard InChI is InChI=1S/C12H18N6O2S/c1-7(2)20-10(19)6-21-12-15-14-11(17(12)13)18-9(4)5-8(3)16-18/h5,7H,6,13H2,1-4H3. The third kappa shape index (κ3) is 3.54. The lowest BCUT2D eigenvalue weighted by molar-refractivity contribution is -0.144. The Balaban J connectivity index is 2.11. The van der Waals surface area contributed by atoms with E-state index in [0.29, 0.717) is 11.1 Å². The molecule has 2 aromatic heterocycles. The van der Waals surface area contributed by atoms with Crippen molar-refractivity contribution in [2.24, 2.45) is 0 Å². The maximum absolute atomic E-state index is 11.5. The van der Waals surface area contributed by atoms with Crippen LogP contribution in [-0.4, -0.2) is 42.5 Å². The van der Waals surface area contributed by atoms with E-state index in [9.17, 15) is 4.79 Å². The molecule has 0 aliphatic heterocycles.